The normalized spacial score (nSPS) is 25.0. The van der Waals surface area contributed by atoms with Crippen LogP contribution in [-0.2, 0) is 14.3 Å². The standard InChI is InChI=1S/C23H36N8O4/c1-15(32)26-8-4-3-5-16(24)21(33)30-9-6-23(7-10-30)12-22(2,34)17(11-35-23)31-14-29-18-19(25)27-13-28-20(18)31/h13-14,16-17,34H,3-12,24H2,1-2H3,(H,26,32)(H2,25,27,28)/t16-,17-,22-/m0/s1. The van der Waals surface area contributed by atoms with Gasteiger partial charge in [-0.15, -0.1) is 0 Å². The Bertz CT molecular complexity index is 1060. The van der Waals surface area contributed by atoms with Gasteiger partial charge < -0.3 is 36.1 Å². The number of aliphatic hydroxyl groups is 1. The number of amides is 2. The number of unbranched alkanes of at least 4 members (excludes halogenated alkanes) is 1. The monoisotopic (exact) mass is 488 g/mol. The van der Waals surface area contributed by atoms with E-state index in [1.807, 2.05) is 11.5 Å². The van der Waals surface area contributed by atoms with Gasteiger partial charge in [0, 0.05) is 33.0 Å². The van der Waals surface area contributed by atoms with Crippen molar-refractivity contribution in [3.05, 3.63) is 12.7 Å². The first-order valence-corrected chi connectivity index (χ1v) is 12.2. The smallest absolute Gasteiger partial charge is 0.239 e. The third kappa shape index (κ3) is 5.39. The van der Waals surface area contributed by atoms with Crippen LogP contribution in [0.3, 0.4) is 0 Å². The van der Waals surface area contributed by atoms with Crippen LogP contribution in [0.25, 0.3) is 11.2 Å². The maximum absolute atomic E-state index is 12.8. The van der Waals surface area contributed by atoms with E-state index < -0.39 is 17.2 Å². The zero-order valence-corrected chi connectivity index (χ0v) is 20.4. The minimum absolute atomic E-state index is 0.0537. The summed E-state index contributed by atoms with van der Waals surface area (Å²) in [5, 5.41) is 14.2. The highest BCUT2D eigenvalue weighted by atomic mass is 16.5. The molecule has 0 unspecified atom stereocenters. The SMILES string of the molecule is CC(=O)NCCCC[C@H](N)C(=O)N1CCC2(CC1)C[C@](C)(O)[C@@H](n1cnc3c(N)ncnc31)CO2. The number of nitrogens with one attached hydrogen (secondary N) is 1. The van der Waals surface area contributed by atoms with E-state index in [-0.39, 0.29) is 17.9 Å². The molecule has 0 radical (unpaired) electrons. The van der Waals surface area contributed by atoms with Crippen LogP contribution < -0.4 is 16.8 Å². The van der Waals surface area contributed by atoms with Gasteiger partial charge in [-0.05, 0) is 39.0 Å². The largest absolute Gasteiger partial charge is 0.388 e. The fraction of sp³-hybridized carbons (Fsp3) is 0.696. The zero-order chi connectivity index (χ0) is 25.2. The molecule has 4 rings (SSSR count). The Morgan fingerprint density at radius 3 is 2.71 bits per heavy atom. The number of anilines is 1. The van der Waals surface area contributed by atoms with Crippen LogP contribution in [-0.4, -0.2) is 84.8 Å². The van der Waals surface area contributed by atoms with Gasteiger partial charge in [-0.25, -0.2) is 15.0 Å². The van der Waals surface area contributed by atoms with Gasteiger partial charge >= 0.3 is 0 Å². The molecule has 0 saturated carbocycles. The number of hydrogen-bond donors (Lipinski definition) is 4. The van der Waals surface area contributed by atoms with Crippen molar-refractivity contribution in [3.8, 4) is 0 Å². The second-order valence-corrected chi connectivity index (χ2v) is 10.0. The van der Waals surface area contributed by atoms with Crippen molar-refractivity contribution >= 4 is 28.8 Å². The summed E-state index contributed by atoms with van der Waals surface area (Å²) < 4.78 is 8.18. The lowest BCUT2D eigenvalue weighted by Crippen LogP contribution is -2.59. The van der Waals surface area contributed by atoms with Crippen LogP contribution in [0.5, 0.6) is 0 Å². The number of ether oxygens (including phenoxy) is 1. The van der Waals surface area contributed by atoms with Crippen LogP contribution in [0, 0.1) is 0 Å². The van der Waals surface area contributed by atoms with Gasteiger partial charge in [0.15, 0.2) is 11.5 Å². The highest BCUT2D eigenvalue weighted by Gasteiger charge is 2.50. The molecular weight excluding hydrogens is 452 g/mol. The molecule has 4 heterocycles. The van der Waals surface area contributed by atoms with E-state index in [0.717, 1.165) is 12.8 Å². The number of hydrogen-bond acceptors (Lipinski definition) is 9. The number of nitrogen functional groups attached to an aromatic ring is 1. The van der Waals surface area contributed by atoms with E-state index in [0.29, 0.717) is 68.9 Å². The number of imidazole rings is 1. The average molecular weight is 489 g/mol. The Hall–Kier alpha value is -2.83. The first kappa shape index (κ1) is 25.3. The van der Waals surface area contributed by atoms with Crippen molar-refractivity contribution in [2.75, 3.05) is 32.0 Å². The van der Waals surface area contributed by atoms with E-state index >= 15 is 0 Å². The van der Waals surface area contributed by atoms with Crippen molar-refractivity contribution < 1.29 is 19.4 Å². The highest BCUT2D eigenvalue weighted by molar-refractivity contribution is 5.82. The molecule has 35 heavy (non-hydrogen) atoms. The van der Waals surface area contributed by atoms with Crippen molar-refractivity contribution in [2.24, 2.45) is 5.73 Å². The summed E-state index contributed by atoms with van der Waals surface area (Å²) in [6.07, 6.45) is 6.86. The molecule has 1 spiro atoms. The number of carbonyl (C=O) groups is 2. The topological polar surface area (TPSA) is 175 Å². The number of likely N-dealkylation sites (tertiary alicyclic amines) is 1. The molecule has 12 nitrogen and oxygen atoms in total. The fourth-order valence-electron chi connectivity index (χ4n) is 5.30. The Labute approximate surface area is 204 Å². The molecule has 2 saturated heterocycles. The average Bonchev–Trinajstić information content (AvgIpc) is 3.23. The molecule has 6 N–H and O–H groups in total. The van der Waals surface area contributed by atoms with Gasteiger partial charge in [-0.1, -0.05) is 0 Å². The molecule has 2 aromatic rings. The molecule has 2 aliphatic heterocycles. The molecule has 0 aromatic carbocycles. The predicted molar refractivity (Wildman–Crippen MR) is 129 cm³/mol. The second kappa shape index (κ2) is 10.0. The fourth-order valence-corrected chi connectivity index (χ4v) is 5.30. The van der Waals surface area contributed by atoms with E-state index in [2.05, 4.69) is 20.3 Å². The number of carbonyl (C=O) groups excluding carboxylic acids is 2. The lowest BCUT2D eigenvalue weighted by atomic mass is 9.75. The van der Waals surface area contributed by atoms with E-state index in [1.54, 1.807) is 11.2 Å². The van der Waals surface area contributed by atoms with Gasteiger partial charge in [0.05, 0.1) is 36.2 Å². The first-order valence-electron chi connectivity index (χ1n) is 12.2. The van der Waals surface area contributed by atoms with Crippen molar-refractivity contribution in [2.45, 2.75) is 75.7 Å². The number of fused-ring (bicyclic) bond motifs is 1. The van der Waals surface area contributed by atoms with Crippen LogP contribution >= 0.6 is 0 Å². The molecule has 12 heteroatoms. The quantitative estimate of drug-likeness (QED) is 0.394. The Morgan fingerprint density at radius 1 is 1.29 bits per heavy atom. The van der Waals surface area contributed by atoms with Gasteiger partial charge in [0.1, 0.15) is 11.8 Å². The Morgan fingerprint density at radius 2 is 2.03 bits per heavy atom. The zero-order valence-electron chi connectivity index (χ0n) is 20.4. The van der Waals surface area contributed by atoms with E-state index in [4.69, 9.17) is 16.2 Å². The Balaban J connectivity index is 1.32. The lowest BCUT2D eigenvalue weighted by molar-refractivity contribution is -0.197. The summed E-state index contributed by atoms with van der Waals surface area (Å²) in [5.74, 6) is 0.187. The van der Waals surface area contributed by atoms with E-state index in [9.17, 15) is 14.7 Å². The number of nitrogens with zero attached hydrogens (tertiary/aromatic N) is 5. The molecular formula is C23H36N8O4. The summed E-state index contributed by atoms with van der Waals surface area (Å²) in [7, 11) is 0. The molecule has 2 aliphatic rings. The first-order chi connectivity index (χ1) is 16.6. The number of aromatic nitrogens is 4. The third-order valence-electron chi connectivity index (χ3n) is 7.29. The van der Waals surface area contributed by atoms with Gasteiger partial charge in [-0.2, -0.15) is 0 Å². The van der Waals surface area contributed by atoms with Crippen LogP contribution in [0.15, 0.2) is 12.7 Å². The Kier molecular flexibility index (Phi) is 7.25. The molecule has 2 fully saturated rings. The van der Waals surface area contributed by atoms with Crippen molar-refractivity contribution in [1.82, 2.24) is 29.7 Å². The summed E-state index contributed by atoms with van der Waals surface area (Å²) in [5.41, 5.74) is 11.6. The van der Waals surface area contributed by atoms with Crippen LogP contribution in [0.1, 0.15) is 58.4 Å². The van der Waals surface area contributed by atoms with Gasteiger partial charge in [0.25, 0.3) is 0 Å². The van der Waals surface area contributed by atoms with Crippen LogP contribution in [0.4, 0.5) is 5.82 Å². The lowest BCUT2D eigenvalue weighted by Gasteiger charge is -2.51. The van der Waals surface area contributed by atoms with E-state index in [1.165, 1.54) is 13.3 Å². The number of piperidine rings is 1. The van der Waals surface area contributed by atoms with Crippen molar-refractivity contribution in [3.63, 3.8) is 0 Å². The molecule has 192 valence electrons. The summed E-state index contributed by atoms with van der Waals surface area (Å²) in [4.78, 5) is 38.2. The minimum atomic E-state index is -1.07. The summed E-state index contributed by atoms with van der Waals surface area (Å²) in [6, 6.07) is -0.928. The van der Waals surface area contributed by atoms with Crippen LogP contribution in [0.2, 0.25) is 0 Å². The minimum Gasteiger partial charge on any atom is -0.388 e. The summed E-state index contributed by atoms with van der Waals surface area (Å²) in [6.45, 7) is 5.26. The number of nitrogens with two attached hydrogens (primary N) is 2. The third-order valence-corrected chi connectivity index (χ3v) is 7.29. The maximum Gasteiger partial charge on any atom is 0.239 e. The molecule has 0 aliphatic carbocycles. The number of rotatable bonds is 7. The molecule has 2 amide bonds. The maximum atomic E-state index is 12.8. The summed E-state index contributed by atoms with van der Waals surface area (Å²) >= 11 is 0. The highest BCUT2D eigenvalue weighted by Crippen LogP contribution is 2.44. The predicted octanol–water partition coefficient (Wildman–Crippen LogP) is 0.116. The molecule has 0 bridgehead atoms. The van der Waals surface area contributed by atoms with Crippen molar-refractivity contribution in [1.29, 1.82) is 0 Å². The van der Waals surface area contributed by atoms with Gasteiger partial charge in [0.2, 0.25) is 11.8 Å². The molecule has 2 aromatic heterocycles. The molecule has 3 atom stereocenters. The van der Waals surface area contributed by atoms with Gasteiger partial charge in [-0.3, -0.25) is 9.59 Å². The second-order valence-electron chi connectivity index (χ2n) is 10.0.